The molecule has 106 valence electrons. The minimum atomic E-state index is 0.158. The summed E-state index contributed by atoms with van der Waals surface area (Å²) in [4.78, 5) is 10.7. The number of halogens is 1. The number of aryl methyl sites for hydroxylation is 1. The molecule has 0 fully saturated rings. The van der Waals surface area contributed by atoms with Gasteiger partial charge in [-0.05, 0) is 42.8 Å². The Morgan fingerprint density at radius 1 is 1.14 bits per heavy atom. The third-order valence-electron chi connectivity index (χ3n) is 3.42. The third kappa shape index (κ3) is 2.38. The minimum Gasteiger partial charge on any atom is -0.505 e. The summed E-state index contributed by atoms with van der Waals surface area (Å²) in [7, 11) is 1.88. The van der Waals surface area contributed by atoms with Gasteiger partial charge in [0.2, 0.25) is 0 Å². The molecule has 0 aliphatic rings. The highest BCUT2D eigenvalue weighted by Crippen LogP contribution is 2.34. The number of aromatic hydroxyl groups is 1. The number of phenolic OH excluding ortho intramolecular Hbond substituents is 1. The summed E-state index contributed by atoms with van der Waals surface area (Å²) in [5.41, 5.74) is 1.21. The molecule has 0 saturated heterocycles. The van der Waals surface area contributed by atoms with Gasteiger partial charge in [0.1, 0.15) is 22.9 Å². The lowest BCUT2D eigenvalue weighted by Crippen LogP contribution is -2.12. The Kier molecular flexibility index (Phi) is 3.39. The molecular weight excluding hydrogens is 286 g/mol. The van der Waals surface area contributed by atoms with Crippen molar-refractivity contribution in [1.82, 2.24) is 9.97 Å². The van der Waals surface area contributed by atoms with Crippen LogP contribution in [0.5, 0.6) is 5.75 Å². The summed E-state index contributed by atoms with van der Waals surface area (Å²) in [5.74, 6) is 1.63. The highest BCUT2D eigenvalue weighted by atomic mass is 35.5. The molecule has 0 saturated carbocycles. The van der Waals surface area contributed by atoms with E-state index in [1.54, 1.807) is 19.2 Å². The number of hydrogen-bond acceptors (Lipinski definition) is 4. The lowest BCUT2D eigenvalue weighted by atomic mass is 10.1. The molecule has 0 amide bonds. The predicted octanol–water partition coefficient (Wildman–Crippen LogP) is 4.07. The molecule has 0 aliphatic carbocycles. The topological polar surface area (TPSA) is 49.2 Å². The van der Waals surface area contributed by atoms with Crippen molar-refractivity contribution in [2.24, 2.45) is 0 Å². The fourth-order valence-corrected chi connectivity index (χ4v) is 2.52. The van der Waals surface area contributed by atoms with Gasteiger partial charge in [-0.3, -0.25) is 0 Å². The van der Waals surface area contributed by atoms with Crippen molar-refractivity contribution in [1.29, 1.82) is 0 Å². The molecule has 3 rings (SSSR count). The fraction of sp³-hybridized carbons (Fsp3) is 0.125. The molecule has 2 heterocycles. The minimum absolute atomic E-state index is 0.158. The van der Waals surface area contributed by atoms with Crippen LogP contribution in [-0.2, 0) is 0 Å². The van der Waals surface area contributed by atoms with E-state index in [0.717, 1.165) is 11.2 Å². The number of anilines is 2. The van der Waals surface area contributed by atoms with Crippen molar-refractivity contribution in [3.8, 4) is 5.75 Å². The first-order chi connectivity index (χ1) is 10.1. The SMILES string of the molecule is Cc1cc(Cl)c2ccc(N(C)c3ccccn3)nc2c1O. The standard InChI is InChI=1S/C16H14ClN3O/c1-10-9-12(17)11-6-7-14(19-15(11)16(10)21)20(2)13-5-3-4-8-18-13/h3-9,21H,1-2H3. The maximum Gasteiger partial charge on any atom is 0.144 e. The summed E-state index contributed by atoms with van der Waals surface area (Å²) in [6, 6.07) is 11.1. The number of phenols is 1. The second-order valence-electron chi connectivity index (χ2n) is 4.84. The first-order valence-electron chi connectivity index (χ1n) is 6.51. The fourth-order valence-electron chi connectivity index (χ4n) is 2.20. The second-order valence-corrected chi connectivity index (χ2v) is 5.24. The van der Waals surface area contributed by atoms with Crippen LogP contribution in [0.1, 0.15) is 5.56 Å². The van der Waals surface area contributed by atoms with Gasteiger partial charge in [-0.1, -0.05) is 17.7 Å². The van der Waals surface area contributed by atoms with Gasteiger partial charge in [0.25, 0.3) is 0 Å². The van der Waals surface area contributed by atoms with Gasteiger partial charge in [-0.25, -0.2) is 9.97 Å². The van der Waals surface area contributed by atoms with Crippen molar-refractivity contribution in [3.63, 3.8) is 0 Å². The first-order valence-corrected chi connectivity index (χ1v) is 6.89. The van der Waals surface area contributed by atoms with Gasteiger partial charge in [-0.2, -0.15) is 0 Å². The van der Waals surface area contributed by atoms with Gasteiger partial charge < -0.3 is 10.0 Å². The normalized spacial score (nSPS) is 10.8. The van der Waals surface area contributed by atoms with Gasteiger partial charge in [0.05, 0.1) is 5.02 Å². The highest BCUT2D eigenvalue weighted by molar-refractivity contribution is 6.35. The number of nitrogens with zero attached hydrogens (tertiary/aromatic N) is 3. The molecule has 4 nitrogen and oxygen atoms in total. The molecule has 0 unspecified atom stereocenters. The van der Waals surface area contributed by atoms with Crippen LogP contribution in [0.25, 0.3) is 10.9 Å². The number of benzene rings is 1. The van der Waals surface area contributed by atoms with Crippen LogP contribution in [0, 0.1) is 6.92 Å². The Balaban J connectivity index is 2.15. The zero-order chi connectivity index (χ0) is 15.0. The van der Waals surface area contributed by atoms with Gasteiger partial charge in [0, 0.05) is 18.6 Å². The van der Waals surface area contributed by atoms with Crippen LogP contribution < -0.4 is 4.90 Å². The number of rotatable bonds is 2. The van der Waals surface area contributed by atoms with Crippen LogP contribution >= 0.6 is 11.6 Å². The van der Waals surface area contributed by atoms with E-state index >= 15 is 0 Å². The largest absolute Gasteiger partial charge is 0.505 e. The highest BCUT2D eigenvalue weighted by Gasteiger charge is 2.12. The maximum absolute atomic E-state index is 10.2. The summed E-state index contributed by atoms with van der Waals surface area (Å²) in [6.45, 7) is 1.80. The van der Waals surface area contributed by atoms with Crippen LogP contribution in [0.15, 0.2) is 42.6 Å². The Morgan fingerprint density at radius 2 is 1.95 bits per heavy atom. The second kappa shape index (κ2) is 5.22. The number of hydrogen-bond donors (Lipinski definition) is 1. The number of pyridine rings is 2. The van der Waals surface area contributed by atoms with E-state index < -0.39 is 0 Å². The van der Waals surface area contributed by atoms with Crippen molar-refractivity contribution in [3.05, 3.63) is 53.2 Å². The van der Waals surface area contributed by atoms with Crippen LogP contribution in [0.4, 0.5) is 11.6 Å². The molecule has 3 aromatic rings. The monoisotopic (exact) mass is 299 g/mol. The lowest BCUT2D eigenvalue weighted by Gasteiger charge is -2.18. The Hall–Kier alpha value is -2.33. The van der Waals surface area contributed by atoms with E-state index in [2.05, 4.69) is 9.97 Å². The summed E-state index contributed by atoms with van der Waals surface area (Å²) < 4.78 is 0. The van der Waals surface area contributed by atoms with Crippen molar-refractivity contribution in [2.75, 3.05) is 11.9 Å². The Labute approximate surface area is 127 Å². The molecule has 0 bridgehead atoms. The Morgan fingerprint density at radius 3 is 2.67 bits per heavy atom. The lowest BCUT2D eigenvalue weighted by molar-refractivity contribution is 0.476. The van der Waals surface area contributed by atoms with Crippen LogP contribution in [0.2, 0.25) is 5.02 Å². The molecule has 1 N–H and O–H groups in total. The van der Waals surface area contributed by atoms with Crippen molar-refractivity contribution in [2.45, 2.75) is 6.92 Å². The van der Waals surface area contributed by atoms with Crippen LogP contribution in [-0.4, -0.2) is 22.1 Å². The van der Waals surface area contributed by atoms with E-state index in [1.807, 2.05) is 42.3 Å². The zero-order valence-electron chi connectivity index (χ0n) is 11.7. The molecule has 0 aliphatic heterocycles. The molecular formula is C16H14ClN3O. The molecule has 1 aromatic carbocycles. The number of fused-ring (bicyclic) bond motifs is 1. The van der Waals surface area contributed by atoms with E-state index in [9.17, 15) is 5.11 Å². The molecule has 0 spiro atoms. The maximum atomic E-state index is 10.2. The van der Waals surface area contributed by atoms with Crippen LogP contribution in [0.3, 0.4) is 0 Å². The molecule has 5 heteroatoms. The average Bonchev–Trinajstić information content (AvgIpc) is 2.52. The zero-order valence-corrected chi connectivity index (χ0v) is 12.5. The third-order valence-corrected chi connectivity index (χ3v) is 3.73. The van der Waals surface area contributed by atoms with Gasteiger partial charge in [-0.15, -0.1) is 0 Å². The van der Waals surface area contributed by atoms with E-state index in [4.69, 9.17) is 11.6 Å². The van der Waals surface area contributed by atoms with Gasteiger partial charge >= 0.3 is 0 Å². The Bertz CT molecular complexity index is 805. The van der Waals surface area contributed by atoms with Gasteiger partial charge in [0.15, 0.2) is 0 Å². The first kappa shape index (κ1) is 13.6. The average molecular weight is 300 g/mol. The quantitative estimate of drug-likeness (QED) is 0.775. The smallest absolute Gasteiger partial charge is 0.144 e. The van der Waals surface area contributed by atoms with E-state index in [0.29, 0.717) is 21.9 Å². The summed E-state index contributed by atoms with van der Waals surface area (Å²) in [5, 5.41) is 11.5. The summed E-state index contributed by atoms with van der Waals surface area (Å²) >= 11 is 6.21. The summed E-state index contributed by atoms with van der Waals surface area (Å²) in [6.07, 6.45) is 1.73. The predicted molar refractivity (Wildman–Crippen MR) is 85.5 cm³/mol. The molecule has 0 atom stereocenters. The van der Waals surface area contributed by atoms with E-state index in [-0.39, 0.29) is 5.75 Å². The molecule has 21 heavy (non-hydrogen) atoms. The molecule has 2 aromatic heterocycles. The van der Waals surface area contributed by atoms with E-state index in [1.165, 1.54) is 0 Å². The van der Waals surface area contributed by atoms with Crippen molar-refractivity contribution < 1.29 is 5.11 Å². The number of aromatic nitrogens is 2. The van der Waals surface area contributed by atoms with Crippen molar-refractivity contribution >= 4 is 34.1 Å². The molecule has 0 radical (unpaired) electrons.